The van der Waals surface area contributed by atoms with E-state index >= 15 is 0 Å². The second-order valence-corrected chi connectivity index (χ2v) is 9.65. The summed E-state index contributed by atoms with van der Waals surface area (Å²) in [5.41, 5.74) is 0. The Balaban J connectivity index is 4.20. The van der Waals surface area contributed by atoms with E-state index in [0.29, 0.717) is 8.46 Å². The second-order valence-electron chi connectivity index (χ2n) is 8.52. The smallest absolute Gasteiger partial charge is 0.162 e. The summed E-state index contributed by atoms with van der Waals surface area (Å²) in [6.45, 7) is 6.83. The van der Waals surface area contributed by atoms with Gasteiger partial charge in [-0.3, -0.25) is 4.57 Å². The van der Waals surface area contributed by atoms with Gasteiger partial charge in [0, 0.05) is 0 Å². The van der Waals surface area contributed by atoms with Crippen molar-refractivity contribution in [2.45, 2.75) is 154 Å². The van der Waals surface area contributed by atoms with Gasteiger partial charge in [0.25, 0.3) is 0 Å². The Morgan fingerprint density at radius 2 is 0.731 bits per heavy atom. The highest BCUT2D eigenvalue weighted by molar-refractivity contribution is 7.26. The molecule has 0 aliphatic heterocycles. The van der Waals surface area contributed by atoms with E-state index in [4.69, 9.17) is 0 Å². The molecular formula is C24H49OP. The molecule has 2 heteroatoms. The van der Waals surface area contributed by atoms with E-state index in [-0.39, 0.29) is 5.16 Å². The van der Waals surface area contributed by atoms with Crippen molar-refractivity contribution < 1.29 is 4.57 Å². The van der Waals surface area contributed by atoms with E-state index in [9.17, 15) is 4.57 Å². The molecule has 0 spiro atoms. The van der Waals surface area contributed by atoms with Crippen LogP contribution in [0, 0.1) is 0 Å². The Hall–Kier alpha value is 0.100. The fourth-order valence-corrected chi connectivity index (χ4v) is 4.79. The number of hydrogen-bond acceptors (Lipinski definition) is 1. The van der Waals surface area contributed by atoms with Gasteiger partial charge in [-0.2, -0.15) is 0 Å². The van der Waals surface area contributed by atoms with Crippen molar-refractivity contribution in [1.29, 1.82) is 0 Å². The van der Waals surface area contributed by atoms with Gasteiger partial charge in [0.1, 0.15) is 0 Å². The molecule has 0 aromatic carbocycles. The van der Waals surface area contributed by atoms with Crippen molar-refractivity contribution in [3.8, 4) is 0 Å². The summed E-state index contributed by atoms with van der Waals surface area (Å²) in [4.78, 5) is 0. The molecule has 156 valence electrons. The van der Waals surface area contributed by atoms with Crippen LogP contribution in [0.3, 0.4) is 0 Å². The maximum atomic E-state index is 12.2. The first kappa shape index (κ1) is 26.1. The maximum Gasteiger partial charge on any atom is 0.162 e. The Morgan fingerprint density at radius 1 is 0.462 bits per heavy atom. The summed E-state index contributed by atoms with van der Waals surface area (Å²) < 4.78 is 12.2. The van der Waals surface area contributed by atoms with E-state index in [1.54, 1.807) is 0 Å². The summed E-state index contributed by atoms with van der Waals surface area (Å²) in [6.07, 6.45) is 26.3. The van der Waals surface area contributed by atoms with Gasteiger partial charge in [-0.1, -0.05) is 130 Å². The van der Waals surface area contributed by atoms with Crippen LogP contribution in [0.25, 0.3) is 0 Å². The van der Waals surface area contributed by atoms with Crippen molar-refractivity contribution in [2.75, 3.05) is 0 Å². The SMILES string of the molecule is CCCCCCCCCC(CCCCCC)(CCCCCCCC)P=O. The molecule has 0 saturated heterocycles. The number of rotatable bonds is 21. The van der Waals surface area contributed by atoms with Gasteiger partial charge in [-0.25, -0.2) is 0 Å². The van der Waals surface area contributed by atoms with E-state index in [1.807, 2.05) is 0 Å². The normalized spacial score (nSPS) is 14.0. The highest BCUT2D eigenvalue weighted by Gasteiger charge is 2.29. The van der Waals surface area contributed by atoms with Crippen molar-refractivity contribution in [3.05, 3.63) is 0 Å². The Bertz CT molecular complexity index is 292. The lowest BCUT2D eigenvalue weighted by molar-refractivity contribution is 0.390. The van der Waals surface area contributed by atoms with E-state index in [0.717, 1.165) is 0 Å². The van der Waals surface area contributed by atoms with Crippen LogP contribution in [0.1, 0.15) is 149 Å². The average molecular weight is 385 g/mol. The third kappa shape index (κ3) is 15.2. The quantitative estimate of drug-likeness (QED) is 0.142. The molecule has 0 aliphatic carbocycles. The van der Waals surface area contributed by atoms with Gasteiger partial charge in [0.05, 0.1) is 5.16 Å². The van der Waals surface area contributed by atoms with E-state index in [2.05, 4.69) is 20.8 Å². The summed E-state index contributed by atoms with van der Waals surface area (Å²) >= 11 is 0. The topological polar surface area (TPSA) is 17.1 Å². The van der Waals surface area contributed by atoms with Crippen LogP contribution in [-0.2, 0) is 4.57 Å². The highest BCUT2D eigenvalue weighted by Crippen LogP contribution is 2.40. The van der Waals surface area contributed by atoms with Gasteiger partial charge in [0.2, 0.25) is 0 Å². The minimum Gasteiger partial charge on any atom is -0.274 e. The van der Waals surface area contributed by atoms with Gasteiger partial charge in [-0.15, -0.1) is 0 Å². The van der Waals surface area contributed by atoms with Crippen LogP contribution in [0.4, 0.5) is 0 Å². The van der Waals surface area contributed by atoms with Gasteiger partial charge in [-0.05, 0) is 19.3 Å². The molecule has 0 aliphatic rings. The lowest BCUT2D eigenvalue weighted by Gasteiger charge is -2.27. The zero-order chi connectivity index (χ0) is 19.3. The highest BCUT2D eigenvalue weighted by atomic mass is 31.1. The van der Waals surface area contributed by atoms with Gasteiger partial charge >= 0.3 is 0 Å². The molecule has 1 atom stereocenters. The summed E-state index contributed by atoms with van der Waals surface area (Å²) in [7, 11) is 0.436. The molecule has 0 bridgehead atoms. The Morgan fingerprint density at radius 3 is 1.04 bits per heavy atom. The standard InChI is InChI=1S/C24H49OP/c1-4-7-10-13-15-17-20-23-24(26-25,21-18-12-9-6-3)22-19-16-14-11-8-5-2/h4-23H2,1-3H3. The fraction of sp³-hybridized carbons (Fsp3) is 1.00. The van der Waals surface area contributed by atoms with Crippen LogP contribution in [0.5, 0.6) is 0 Å². The Kier molecular flexibility index (Phi) is 19.9. The zero-order valence-electron chi connectivity index (χ0n) is 18.5. The number of unbranched alkanes of at least 4 members (excludes halogenated alkanes) is 14. The molecular weight excluding hydrogens is 335 g/mol. The lowest BCUT2D eigenvalue weighted by atomic mass is 9.88. The van der Waals surface area contributed by atoms with Crippen molar-refractivity contribution in [2.24, 2.45) is 0 Å². The van der Waals surface area contributed by atoms with Gasteiger partial charge in [0.15, 0.2) is 8.46 Å². The molecule has 0 amide bonds. The first-order valence-electron chi connectivity index (χ1n) is 12.1. The largest absolute Gasteiger partial charge is 0.274 e. The molecule has 26 heavy (non-hydrogen) atoms. The minimum absolute atomic E-state index is 0.0991. The fourth-order valence-electron chi connectivity index (χ4n) is 4.04. The summed E-state index contributed by atoms with van der Waals surface area (Å²) in [6, 6.07) is 0. The van der Waals surface area contributed by atoms with E-state index < -0.39 is 0 Å². The Labute approximate surface area is 167 Å². The molecule has 0 fully saturated rings. The molecule has 0 heterocycles. The lowest BCUT2D eigenvalue weighted by Crippen LogP contribution is -2.22. The zero-order valence-corrected chi connectivity index (χ0v) is 19.4. The van der Waals surface area contributed by atoms with Crippen LogP contribution in [-0.4, -0.2) is 5.16 Å². The molecule has 1 nitrogen and oxygen atoms in total. The predicted molar refractivity (Wildman–Crippen MR) is 120 cm³/mol. The van der Waals surface area contributed by atoms with Crippen LogP contribution in [0.2, 0.25) is 0 Å². The van der Waals surface area contributed by atoms with Gasteiger partial charge < -0.3 is 0 Å². The third-order valence-electron chi connectivity index (χ3n) is 5.93. The van der Waals surface area contributed by atoms with Crippen molar-refractivity contribution in [1.82, 2.24) is 0 Å². The molecule has 0 rings (SSSR count). The molecule has 0 aromatic heterocycles. The van der Waals surface area contributed by atoms with Crippen LogP contribution in [0.15, 0.2) is 0 Å². The predicted octanol–water partition coefficient (Wildman–Crippen LogP) is 9.88. The summed E-state index contributed by atoms with van der Waals surface area (Å²) in [5, 5.41) is 0.0991. The minimum atomic E-state index is 0.0991. The maximum absolute atomic E-state index is 12.2. The van der Waals surface area contributed by atoms with E-state index in [1.165, 1.54) is 128 Å². The first-order valence-corrected chi connectivity index (χ1v) is 12.9. The summed E-state index contributed by atoms with van der Waals surface area (Å²) in [5.74, 6) is 0. The molecule has 0 saturated carbocycles. The molecule has 0 radical (unpaired) electrons. The number of hydrogen-bond donors (Lipinski definition) is 0. The van der Waals surface area contributed by atoms with Crippen LogP contribution >= 0.6 is 8.46 Å². The third-order valence-corrected chi connectivity index (χ3v) is 6.99. The average Bonchev–Trinajstić information content (AvgIpc) is 2.66. The molecule has 1 unspecified atom stereocenters. The second kappa shape index (κ2) is 19.9. The van der Waals surface area contributed by atoms with Crippen molar-refractivity contribution in [3.63, 3.8) is 0 Å². The van der Waals surface area contributed by atoms with Crippen LogP contribution < -0.4 is 0 Å². The first-order chi connectivity index (χ1) is 12.7. The molecule has 0 N–H and O–H groups in total. The van der Waals surface area contributed by atoms with Crippen molar-refractivity contribution >= 4 is 8.46 Å². The molecule has 0 aromatic rings. The monoisotopic (exact) mass is 384 g/mol.